The molecule has 0 saturated carbocycles. The van der Waals surface area contributed by atoms with Gasteiger partial charge in [-0.05, 0) is 37.6 Å². The minimum Gasteiger partial charge on any atom is -0.309 e. The van der Waals surface area contributed by atoms with Gasteiger partial charge in [-0.1, -0.05) is 6.07 Å². The minimum absolute atomic E-state index is 0.0470. The number of hydrogen-bond donors (Lipinski definition) is 0. The monoisotopic (exact) mass is 214 g/mol. The zero-order chi connectivity index (χ0) is 11.5. The predicted molar refractivity (Wildman–Crippen MR) is 63.5 cm³/mol. The van der Waals surface area contributed by atoms with Crippen molar-refractivity contribution in [3.05, 3.63) is 63.8 Å². The fourth-order valence-electron chi connectivity index (χ4n) is 1.64. The minimum atomic E-state index is 0.0470. The first-order chi connectivity index (χ1) is 7.66. The first-order valence-electron chi connectivity index (χ1n) is 5.24. The van der Waals surface area contributed by atoms with Crippen LogP contribution in [0, 0.1) is 13.8 Å². The molecule has 16 heavy (non-hydrogen) atoms. The number of rotatable bonds is 2. The molecule has 0 aliphatic heterocycles. The molecule has 0 saturated heterocycles. The summed E-state index contributed by atoms with van der Waals surface area (Å²) in [4.78, 5) is 16.0. The normalized spacial score (nSPS) is 10.4. The highest BCUT2D eigenvalue weighted by atomic mass is 16.1. The Morgan fingerprint density at radius 2 is 2.12 bits per heavy atom. The summed E-state index contributed by atoms with van der Waals surface area (Å²) in [6.07, 6.45) is 3.56. The Hall–Kier alpha value is -1.90. The van der Waals surface area contributed by atoms with Gasteiger partial charge < -0.3 is 4.57 Å². The molecule has 82 valence electrons. The SMILES string of the molecule is Cc1ccnc(Cn2cccc(C)c2=O)c1. The second-order valence-electron chi connectivity index (χ2n) is 3.95. The van der Waals surface area contributed by atoms with E-state index in [2.05, 4.69) is 4.98 Å². The van der Waals surface area contributed by atoms with Crippen LogP contribution in [-0.2, 0) is 6.54 Å². The zero-order valence-corrected chi connectivity index (χ0v) is 9.47. The summed E-state index contributed by atoms with van der Waals surface area (Å²) in [6, 6.07) is 7.65. The van der Waals surface area contributed by atoms with Crippen molar-refractivity contribution in [2.45, 2.75) is 20.4 Å². The van der Waals surface area contributed by atoms with E-state index in [1.165, 1.54) is 0 Å². The summed E-state index contributed by atoms with van der Waals surface area (Å²) in [6.45, 7) is 4.37. The van der Waals surface area contributed by atoms with Crippen molar-refractivity contribution in [1.29, 1.82) is 0 Å². The molecule has 0 bridgehead atoms. The molecule has 2 rings (SSSR count). The average Bonchev–Trinajstić information content (AvgIpc) is 2.25. The third kappa shape index (κ3) is 2.19. The van der Waals surface area contributed by atoms with E-state index in [-0.39, 0.29) is 5.56 Å². The van der Waals surface area contributed by atoms with Gasteiger partial charge in [-0.2, -0.15) is 0 Å². The van der Waals surface area contributed by atoms with Crippen LogP contribution in [-0.4, -0.2) is 9.55 Å². The Balaban J connectivity index is 2.34. The highest BCUT2D eigenvalue weighted by Gasteiger charge is 2.00. The van der Waals surface area contributed by atoms with Crippen molar-refractivity contribution in [3.8, 4) is 0 Å². The molecule has 0 fully saturated rings. The summed E-state index contributed by atoms with van der Waals surface area (Å²) >= 11 is 0. The van der Waals surface area contributed by atoms with Crippen LogP contribution in [0.4, 0.5) is 0 Å². The maximum Gasteiger partial charge on any atom is 0.253 e. The molecular formula is C13H14N2O. The van der Waals surface area contributed by atoms with Crippen LogP contribution in [0.1, 0.15) is 16.8 Å². The molecule has 3 heteroatoms. The first-order valence-corrected chi connectivity index (χ1v) is 5.24. The molecule has 2 aromatic rings. The average molecular weight is 214 g/mol. The van der Waals surface area contributed by atoms with Crippen molar-refractivity contribution in [3.63, 3.8) is 0 Å². The molecular weight excluding hydrogens is 200 g/mol. The lowest BCUT2D eigenvalue weighted by atomic mass is 10.2. The summed E-state index contributed by atoms with van der Waals surface area (Å²) in [7, 11) is 0. The maximum atomic E-state index is 11.8. The Labute approximate surface area is 94.4 Å². The van der Waals surface area contributed by atoms with Gasteiger partial charge in [0, 0.05) is 18.0 Å². The van der Waals surface area contributed by atoms with Gasteiger partial charge in [0.25, 0.3) is 5.56 Å². The molecule has 0 aliphatic rings. The lowest BCUT2D eigenvalue weighted by molar-refractivity contribution is 0.732. The highest BCUT2D eigenvalue weighted by Crippen LogP contribution is 2.01. The fraction of sp³-hybridized carbons (Fsp3) is 0.231. The van der Waals surface area contributed by atoms with Crippen molar-refractivity contribution < 1.29 is 0 Å². The van der Waals surface area contributed by atoms with E-state index in [0.29, 0.717) is 6.54 Å². The molecule has 3 nitrogen and oxygen atoms in total. The first kappa shape index (κ1) is 10.6. The van der Waals surface area contributed by atoms with E-state index in [0.717, 1.165) is 16.8 Å². The molecule has 0 N–H and O–H groups in total. The smallest absolute Gasteiger partial charge is 0.253 e. The lowest BCUT2D eigenvalue weighted by Gasteiger charge is -2.06. The maximum absolute atomic E-state index is 11.8. The van der Waals surface area contributed by atoms with Crippen LogP contribution in [0.25, 0.3) is 0 Å². The lowest BCUT2D eigenvalue weighted by Crippen LogP contribution is -2.22. The van der Waals surface area contributed by atoms with Crippen molar-refractivity contribution in [2.75, 3.05) is 0 Å². The predicted octanol–water partition coefficient (Wildman–Crippen LogP) is 1.91. The van der Waals surface area contributed by atoms with E-state index in [1.807, 2.05) is 38.1 Å². The van der Waals surface area contributed by atoms with Gasteiger partial charge in [-0.15, -0.1) is 0 Å². The van der Waals surface area contributed by atoms with E-state index in [1.54, 1.807) is 17.0 Å². The third-order valence-corrected chi connectivity index (χ3v) is 2.51. The summed E-state index contributed by atoms with van der Waals surface area (Å²) in [5.41, 5.74) is 2.87. The van der Waals surface area contributed by atoms with E-state index < -0.39 is 0 Å². The molecule has 0 unspecified atom stereocenters. The zero-order valence-electron chi connectivity index (χ0n) is 9.47. The van der Waals surface area contributed by atoms with Crippen LogP contribution in [0.3, 0.4) is 0 Å². The Morgan fingerprint density at radius 1 is 1.31 bits per heavy atom. The second-order valence-corrected chi connectivity index (χ2v) is 3.95. The van der Waals surface area contributed by atoms with Gasteiger partial charge in [-0.3, -0.25) is 9.78 Å². The van der Waals surface area contributed by atoms with Crippen molar-refractivity contribution >= 4 is 0 Å². The fourth-order valence-corrected chi connectivity index (χ4v) is 1.64. The standard InChI is InChI=1S/C13H14N2O/c1-10-5-6-14-12(8-10)9-15-7-3-4-11(2)13(15)16/h3-8H,9H2,1-2H3. The summed E-state index contributed by atoms with van der Waals surface area (Å²) in [5.74, 6) is 0. The van der Waals surface area contributed by atoms with E-state index >= 15 is 0 Å². The van der Waals surface area contributed by atoms with Crippen LogP contribution >= 0.6 is 0 Å². The molecule has 0 aliphatic carbocycles. The van der Waals surface area contributed by atoms with Crippen LogP contribution in [0.2, 0.25) is 0 Å². The summed E-state index contributed by atoms with van der Waals surface area (Å²) in [5, 5.41) is 0. The molecule has 2 heterocycles. The van der Waals surface area contributed by atoms with Gasteiger partial charge in [0.05, 0.1) is 12.2 Å². The quantitative estimate of drug-likeness (QED) is 0.765. The van der Waals surface area contributed by atoms with Gasteiger partial charge >= 0.3 is 0 Å². The number of aryl methyl sites for hydroxylation is 2. The van der Waals surface area contributed by atoms with Crippen molar-refractivity contribution in [1.82, 2.24) is 9.55 Å². The van der Waals surface area contributed by atoms with Gasteiger partial charge in [0.1, 0.15) is 0 Å². The molecule has 2 aromatic heterocycles. The molecule has 0 spiro atoms. The second kappa shape index (κ2) is 4.31. The molecule has 0 atom stereocenters. The van der Waals surface area contributed by atoms with Crippen LogP contribution in [0.5, 0.6) is 0 Å². The van der Waals surface area contributed by atoms with Crippen LogP contribution < -0.4 is 5.56 Å². The highest BCUT2D eigenvalue weighted by molar-refractivity contribution is 5.16. The van der Waals surface area contributed by atoms with Crippen LogP contribution in [0.15, 0.2) is 41.5 Å². The number of pyridine rings is 2. The van der Waals surface area contributed by atoms with Gasteiger partial charge in [0.2, 0.25) is 0 Å². The van der Waals surface area contributed by atoms with Crippen molar-refractivity contribution in [2.24, 2.45) is 0 Å². The molecule has 0 amide bonds. The molecule has 0 aromatic carbocycles. The summed E-state index contributed by atoms with van der Waals surface area (Å²) < 4.78 is 1.68. The number of hydrogen-bond acceptors (Lipinski definition) is 2. The Kier molecular flexibility index (Phi) is 2.86. The van der Waals surface area contributed by atoms with E-state index in [9.17, 15) is 4.79 Å². The third-order valence-electron chi connectivity index (χ3n) is 2.51. The largest absolute Gasteiger partial charge is 0.309 e. The van der Waals surface area contributed by atoms with Gasteiger partial charge in [0.15, 0.2) is 0 Å². The number of nitrogens with zero attached hydrogens (tertiary/aromatic N) is 2. The Morgan fingerprint density at radius 3 is 2.88 bits per heavy atom. The van der Waals surface area contributed by atoms with Gasteiger partial charge in [-0.25, -0.2) is 0 Å². The number of aromatic nitrogens is 2. The molecule has 0 radical (unpaired) electrons. The Bertz CT molecular complexity index is 558. The van der Waals surface area contributed by atoms with E-state index in [4.69, 9.17) is 0 Å². The topological polar surface area (TPSA) is 34.9 Å².